The largest absolute Gasteiger partial charge is 0.493 e. The molecule has 118 valence electrons. The van der Waals surface area contributed by atoms with Crippen molar-refractivity contribution in [3.63, 3.8) is 0 Å². The van der Waals surface area contributed by atoms with Crippen LogP contribution in [0.5, 0.6) is 11.5 Å². The Hall–Kier alpha value is -1.40. The molecule has 1 N–H and O–H groups in total. The van der Waals surface area contributed by atoms with E-state index in [4.69, 9.17) is 9.47 Å². The second kappa shape index (κ2) is 7.56. The highest BCUT2D eigenvalue weighted by Gasteiger charge is 2.27. The summed E-state index contributed by atoms with van der Waals surface area (Å²) in [5.41, 5.74) is 0.649. The number of ether oxygens (including phenoxy) is 3. The van der Waals surface area contributed by atoms with Gasteiger partial charge in [-0.1, -0.05) is 12.1 Å². The van der Waals surface area contributed by atoms with Crippen molar-refractivity contribution in [2.24, 2.45) is 0 Å². The summed E-state index contributed by atoms with van der Waals surface area (Å²) >= 11 is 0. The van der Waals surface area contributed by atoms with Gasteiger partial charge < -0.3 is 19.5 Å². The van der Waals surface area contributed by atoms with E-state index in [1.165, 1.54) is 7.11 Å². The second-order valence-corrected chi connectivity index (χ2v) is 5.02. The molecule has 1 aliphatic rings. The number of nitrogens with one attached hydrogen (secondary N) is 1. The molecular weight excluding hydrogens is 280 g/mol. The molecule has 1 saturated carbocycles. The van der Waals surface area contributed by atoms with Gasteiger partial charge in [0.1, 0.15) is 0 Å². The molecule has 21 heavy (non-hydrogen) atoms. The van der Waals surface area contributed by atoms with E-state index in [2.05, 4.69) is 10.1 Å². The van der Waals surface area contributed by atoms with Gasteiger partial charge in [0.25, 0.3) is 0 Å². The Morgan fingerprint density at radius 3 is 2.76 bits per heavy atom. The first-order valence-electron chi connectivity index (χ1n) is 7.02. The van der Waals surface area contributed by atoms with Crippen molar-refractivity contribution in [1.29, 1.82) is 0 Å². The highest BCUT2D eigenvalue weighted by Crippen LogP contribution is 2.33. The fraction of sp³-hybridized carbons (Fsp3) is 0.600. The first-order chi connectivity index (χ1) is 10.2. The van der Waals surface area contributed by atoms with E-state index in [9.17, 15) is 8.78 Å². The zero-order valence-corrected chi connectivity index (χ0v) is 12.3. The number of rotatable bonds is 7. The van der Waals surface area contributed by atoms with Gasteiger partial charge in [0.15, 0.2) is 11.5 Å². The van der Waals surface area contributed by atoms with Gasteiger partial charge in [0.05, 0.1) is 13.2 Å². The minimum atomic E-state index is -2.88. The lowest BCUT2D eigenvalue weighted by Crippen LogP contribution is -2.36. The number of alkyl halides is 2. The molecule has 0 amide bonds. The molecule has 2 atom stereocenters. The van der Waals surface area contributed by atoms with Gasteiger partial charge in [0.2, 0.25) is 0 Å². The Labute approximate surface area is 123 Å². The zero-order chi connectivity index (χ0) is 15.2. The zero-order valence-electron chi connectivity index (χ0n) is 12.3. The summed E-state index contributed by atoms with van der Waals surface area (Å²) in [6.45, 7) is -2.44. The van der Waals surface area contributed by atoms with Crippen LogP contribution in [0.3, 0.4) is 0 Å². The number of benzene rings is 1. The maximum Gasteiger partial charge on any atom is 0.387 e. The molecule has 1 aliphatic carbocycles. The Balaban J connectivity index is 2.08. The Bertz CT molecular complexity index is 457. The molecule has 0 saturated heterocycles. The van der Waals surface area contributed by atoms with Crippen molar-refractivity contribution in [1.82, 2.24) is 5.32 Å². The van der Waals surface area contributed by atoms with E-state index < -0.39 is 6.61 Å². The van der Waals surface area contributed by atoms with E-state index in [0.29, 0.717) is 17.9 Å². The summed E-state index contributed by atoms with van der Waals surface area (Å²) < 4.78 is 40.2. The molecule has 0 heterocycles. The van der Waals surface area contributed by atoms with Crippen molar-refractivity contribution < 1.29 is 23.0 Å². The van der Waals surface area contributed by atoms with Crippen LogP contribution in [0.15, 0.2) is 18.2 Å². The SMILES string of the molecule is COc1cccc(CNC2CCCC2OC)c1OC(F)F. The van der Waals surface area contributed by atoms with Crippen LogP contribution in [0.2, 0.25) is 0 Å². The summed E-state index contributed by atoms with van der Waals surface area (Å²) in [7, 11) is 3.13. The standard InChI is InChI=1S/C15H21F2NO3/c1-19-12-7-4-6-11(12)18-9-10-5-3-8-13(20-2)14(10)21-15(16)17/h3,5,8,11-12,15,18H,4,6-7,9H2,1-2H3. The maximum atomic E-state index is 12.6. The van der Waals surface area contributed by atoms with Gasteiger partial charge in [-0.05, 0) is 25.3 Å². The fourth-order valence-corrected chi connectivity index (χ4v) is 2.77. The van der Waals surface area contributed by atoms with Crippen molar-refractivity contribution in [2.45, 2.75) is 44.6 Å². The van der Waals surface area contributed by atoms with E-state index >= 15 is 0 Å². The number of methoxy groups -OCH3 is 2. The van der Waals surface area contributed by atoms with Crippen molar-refractivity contribution >= 4 is 0 Å². The molecule has 0 aliphatic heterocycles. The highest BCUT2D eigenvalue weighted by molar-refractivity contribution is 5.46. The Morgan fingerprint density at radius 2 is 2.10 bits per heavy atom. The van der Waals surface area contributed by atoms with Gasteiger partial charge in [-0.25, -0.2) is 0 Å². The lowest BCUT2D eigenvalue weighted by molar-refractivity contribution is -0.0519. The molecule has 2 unspecified atom stereocenters. The molecule has 2 rings (SSSR count). The quantitative estimate of drug-likeness (QED) is 0.840. The predicted molar refractivity (Wildman–Crippen MR) is 74.9 cm³/mol. The molecule has 1 fully saturated rings. The molecular formula is C15H21F2NO3. The number of para-hydroxylation sites is 1. The third kappa shape index (κ3) is 4.04. The van der Waals surface area contributed by atoms with Gasteiger partial charge in [-0.15, -0.1) is 0 Å². The fourth-order valence-electron chi connectivity index (χ4n) is 2.77. The van der Waals surface area contributed by atoms with Gasteiger partial charge >= 0.3 is 6.61 Å². The summed E-state index contributed by atoms with van der Waals surface area (Å²) in [4.78, 5) is 0. The minimum absolute atomic E-state index is 0.0921. The average molecular weight is 301 g/mol. The van der Waals surface area contributed by atoms with Crippen LogP contribution in [0.4, 0.5) is 8.78 Å². The molecule has 0 spiro atoms. The smallest absolute Gasteiger partial charge is 0.387 e. The highest BCUT2D eigenvalue weighted by atomic mass is 19.3. The van der Waals surface area contributed by atoms with Gasteiger partial charge in [-0.2, -0.15) is 8.78 Å². The van der Waals surface area contributed by atoms with Crippen LogP contribution in [-0.2, 0) is 11.3 Å². The van der Waals surface area contributed by atoms with E-state index in [0.717, 1.165) is 19.3 Å². The van der Waals surface area contributed by atoms with Crippen molar-refractivity contribution in [3.05, 3.63) is 23.8 Å². The number of hydrogen-bond donors (Lipinski definition) is 1. The van der Waals surface area contributed by atoms with E-state index in [-0.39, 0.29) is 17.9 Å². The normalized spacial score (nSPS) is 21.8. The first-order valence-corrected chi connectivity index (χ1v) is 7.02. The predicted octanol–water partition coefficient (Wildman–Crippen LogP) is 2.95. The minimum Gasteiger partial charge on any atom is -0.493 e. The molecule has 4 nitrogen and oxygen atoms in total. The van der Waals surface area contributed by atoms with Crippen LogP contribution in [0, 0.1) is 0 Å². The van der Waals surface area contributed by atoms with E-state index in [1.54, 1.807) is 25.3 Å². The number of hydrogen-bond acceptors (Lipinski definition) is 4. The monoisotopic (exact) mass is 301 g/mol. The second-order valence-electron chi connectivity index (χ2n) is 5.02. The molecule has 0 bridgehead atoms. The molecule has 0 aromatic heterocycles. The summed E-state index contributed by atoms with van der Waals surface area (Å²) in [5.74, 6) is 0.402. The van der Waals surface area contributed by atoms with Crippen LogP contribution < -0.4 is 14.8 Å². The molecule has 1 aromatic carbocycles. The van der Waals surface area contributed by atoms with Crippen LogP contribution >= 0.6 is 0 Å². The van der Waals surface area contributed by atoms with Crippen molar-refractivity contribution in [3.8, 4) is 11.5 Å². The van der Waals surface area contributed by atoms with E-state index in [1.807, 2.05) is 0 Å². The molecule has 0 radical (unpaired) electrons. The Morgan fingerprint density at radius 1 is 1.29 bits per heavy atom. The summed E-state index contributed by atoms with van der Waals surface area (Å²) in [5, 5.41) is 3.36. The van der Waals surface area contributed by atoms with Crippen LogP contribution in [0.1, 0.15) is 24.8 Å². The lowest BCUT2D eigenvalue weighted by Gasteiger charge is -2.21. The molecule has 1 aromatic rings. The molecule has 6 heteroatoms. The first kappa shape index (κ1) is 16.0. The van der Waals surface area contributed by atoms with Gasteiger partial charge in [-0.3, -0.25) is 0 Å². The number of halogens is 2. The Kier molecular flexibility index (Phi) is 5.76. The summed E-state index contributed by atoms with van der Waals surface area (Å²) in [6.07, 6.45) is 3.32. The average Bonchev–Trinajstić information content (AvgIpc) is 2.93. The maximum absolute atomic E-state index is 12.6. The van der Waals surface area contributed by atoms with Crippen molar-refractivity contribution in [2.75, 3.05) is 14.2 Å². The third-order valence-electron chi connectivity index (χ3n) is 3.80. The third-order valence-corrected chi connectivity index (χ3v) is 3.80. The summed E-state index contributed by atoms with van der Waals surface area (Å²) in [6, 6.07) is 5.36. The topological polar surface area (TPSA) is 39.7 Å². The van der Waals surface area contributed by atoms with Crippen LogP contribution in [0.25, 0.3) is 0 Å². The van der Waals surface area contributed by atoms with Crippen LogP contribution in [-0.4, -0.2) is 33.0 Å². The lowest BCUT2D eigenvalue weighted by atomic mass is 10.1. The van der Waals surface area contributed by atoms with Gasteiger partial charge in [0, 0.05) is 25.3 Å².